The van der Waals surface area contributed by atoms with Gasteiger partial charge in [-0.3, -0.25) is 20.0 Å². The smallest absolute Gasteiger partial charge is 0.284 e. The minimum atomic E-state index is -0.156. The number of aromatic amines is 8. The van der Waals surface area contributed by atoms with Gasteiger partial charge in [-0.15, -0.1) is 27.9 Å². The molecule has 28 heteroatoms. The molecule has 0 bridgehead atoms. The van der Waals surface area contributed by atoms with Crippen LogP contribution in [0.2, 0.25) is 0 Å². The first-order valence-electron chi connectivity index (χ1n) is 14.9. The Morgan fingerprint density at radius 3 is 1.27 bits per heavy atom. The Labute approximate surface area is 353 Å². The fraction of sp³-hybridized carbons (Fsp3) is 0.296. The number of rotatable bonds is 0. The average molecular weight is 907 g/mol. The fourth-order valence-corrected chi connectivity index (χ4v) is 4.79. The number of H-pyrrole nitrogens is 8. The second-order valence-electron chi connectivity index (χ2n) is 10.2. The first-order valence-corrected chi connectivity index (χ1v) is 18.2. The minimum Gasteiger partial charge on any atom is -0.414 e. The number of nitrogen functional groups attached to an aromatic ring is 1. The van der Waals surface area contributed by atoms with Crippen molar-refractivity contribution in [1.82, 2.24) is 75.2 Å². The highest BCUT2D eigenvalue weighted by Gasteiger charge is 1.92. The zero-order valence-electron chi connectivity index (χ0n) is 30.4. The van der Waals surface area contributed by atoms with Crippen LogP contribution in [0.1, 0.15) is 40.6 Å². The molecule has 7 aromatic heterocycles. The van der Waals surface area contributed by atoms with Crippen molar-refractivity contribution in [2.75, 3.05) is 5.84 Å². The van der Waals surface area contributed by atoms with Crippen molar-refractivity contribution < 1.29 is 13.3 Å². The Balaban J connectivity index is 0.000000322. The molecular weight excluding hydrogens is 869 g/mol. The fourth-order valence-electron chi connectivity index (χ4n) is 2.98. The molecule has 0 saturated carbocycles. The Morgan fingerprint density at radius 1 is 0.618 bits per heavy atom. The van der Waals surface area contributed by atoms with Crippen molar-refractivity contribution >= 4 is 98.2 Å². The standard InChI is InChI=1S/C6H7NS2.C5H6N2OS.C4H7N3S.C3H6N4S.3C3H4N2OS/c1-4-2-5(8)7-6(9)3-4;1-3-2-4(8)7-5(9)6-3;1-3-5-6-4(8)7(3)2;1-2-5-6-3(8)7(2)4;3*1-2-4-5-3(7)6-2/h2-3H,1H3,(H2,7,8,9);2H,1H3,(H2,6,7,8,9);1-2H3,(H,6,8);4H2,1H3,(H,6,8);3*1H3,(H,5,7). The third-order valence-corrected chi connectivity index (χ3v) is 7.33. The summed E-state index contributed by atoms with van der Waals surface area (Å²) in [7, 11) is 1.88. The normalized spacial score (nSPS) is 9.47. The quantitative estimate of drug-likeness (QED) is 0.0418. The summed E-state index contributed by atoms with van der Waals surface area (Å²) in [5.74, 6) is 8.64. The summed E-state index contributed by atoms with van der Waals surface area (Å²) >= 11 is 36.8. The van der Waals surface area contributed by atoms with Gasteiger partial charge in [0.05, 0.1) is 5.03 Å². The number of pyridine rings is 1. The summed E-state index contributed by atoms with van der Waals surface area (Å²) in [5, 5.41) is 31.9. The molecule has 0 fully saturated rings. The number of nitrogens with zero attached hydrogens (tertiary/aromatic N) is 7. The monoisotopic (exact) mass is 906 g/mol. The largest absolute Gasteiger partial charge is 0.414 e. The number of nitrogens with one attached hydrogen (secondary N) is 8. The predicted molar refractivity (Wildman–Crippen MR) is 225 cm³/mol. The van der Waals surface area contributed by atoms with Crippen LogP contribution < -0.4 is 11.4 Å². The molecule has 0 saturated heterocycles. The Morgan fingerprint density at radius 2 is 1.07 bits per heavy atom. The van der Waals surface area contributed by atoms with E-state index in [1.54, 1.807) is 34.6 Å². The predicted octanol–water partition coefficient (Wildman–Crippen LogP) is 6.95. The van der Waals surface area contributed by atoms with E-state index < -0.39 is 0 Å². The Bertz CT molecular complexity index is 2460. The van der Waals surface area contributed by atoms with Crippen molar-refractivity contribution in [3.8, 4) is 0 Å². The van der Waals surface area contributed by atoms with Gasteiger partial charge in [0, 0.05) is 39.6 Å². The van der Waals surface area contributed by atoms with Gasteiger partial charge in [0.15, 0.2) is 9.54 Å². The first-order chi connectivity index (χ1) is 25.7. The SMILES string of the molecule is Cc1cc(=O)[nH]c(=S)[nH]1.Cc1cc(S)[nH]c(=S)c1.Cc1n[nH]c(=S)n1C.Cc1n[nH]c(=S)n1N.Cc1n[nH]c(=S)o1.Cc1n[nH]c(=S)o1.Cc1n[nH]c(=S)o1. The molecule has 10 N–H and O–H groups in total. The van der Waals surface area contributed by atoms with E-state index in [1.807, 2.05) is 37.6 Å². The minimum absolute atomic E-state index is 0.156. The molecule has 0 spiro atoms. The maximum Gasteiger partial charge on any atom is 0.284 e. The topological polar surface area (TPSA) is 283 Å². The van der Waals surface area contributed by atoms with E-state index in [1.165, 1.54) is 10.7 Å². The van der Waals surface area contributed by atoms with E-state index in [9.17, 15) is 4.79 Å². The molecule has 0 unspecified atom stereocenters. The first kappa shape index (κ1) is 48.4. The molecule has 7 heterocycles. The van der Waals surface area contributed by atoms with Crippen LogP contribution in [0.5, 0.6) is 0 Å². The third kappa shape index (κ3) is 21.2. The van der Waals surface area contributed by atoms with Crippen LogP contribution in [0.4, 0.5) is 0 Å². The van der Waals surface area contributed by atoms with E-state index >= 15 is 0 Å². The molecule has 0 atom stereocenters. The summed E-state index contributed by atoms with van der Waals surface area (Å²) in [6.07, 6.45) is 0. The highest BCUT2D eigenvalue weighted by atomic mass is 32.1. The van der Waals surface area contributed by atoms with E-state index in [0.717, 1.165) is 26.7 Å². The molecule has 0 amide bonds. The van der Waals surface area contributed by atoms with Gasteiger partial charge in [-0.2, -0.15) is 10.2 Å². The van der Waals surface area contributed by atoms with Crippen LogP contribution in [0, 0.1) is 81.9 Å². The summed E-state index contributed by atoms with van der Waals surface area (Å²) in [5.41, 5.74) is 1.77. The number of aryl methyl sites for hydroxylation is 7. The van der Waals surface area contributed by atoms with Crippen molar-refractivity contribution in [2.45, 2.75) is 53.5 Å². The van der Waals surface area contributed by atoms with Crippen LogP contribution in [0.15, 0.2) is 41.3 Å². The van der Waals surface area contributed by atoms with Crippen molar-refractivity contribution in [3.63, 3.8) is 0 Å². The number of thiol groups is 1. The maximum atomic E-state index is 10.6. The molecule has 20 nitrogen and oxygen atoms in total. The van der Waals surface area contributed by atoms with Crippen molar-refractivity contribution in [3.05, 3.63) is 103 Å². The van der Waals surface area contributed by atoms with Crippen LogP contribution >= 0.6 is 98.2 Å². The molecule has 7 aromatic rings. The highest BCUT2D eigenvalue weighted by Crippen LogP contribution is 2.04. The zero-order valence-corrected chi connectivity index (χ0v) is 37.0. The molecule has 0 aliphatic carbocycles. The lowest BCUT2D eigenvalue weighted by Gasteiger charge is -1.92. The zero-order chi connectivity index (χ0) is 41.8. The average Bonchev–Trinajstić information content (AvgIpc) is 3.90. The molecule has 0 aliphatic rings. The lowest BCUT2D eigenvalue weighted by atomic mass is 10.3. The summed E-state index contributed by atoms with van der Waals surface area (Å²) in [4.78, 5) is 19.6. The van der Waals surface area contributed by atoms with Gasteiger partial charge in [-0.05, 0) is 119 Å². The van der Waals surface area contributed by atoms with E-state index in [4.69, 9.17) is 55.7 Å². The van der Waals surface area contributed by atoms with Gasteiger partial charge in [-0.1, -0.05) is 12.2 Å². The number of nitrogens with two attached hydrogens (primary N) is 1. The van der Waals surface area contributed by atoms with Gasteiger partial charge < -0.3 is 33.6 Å². The summed E-state index contributed by atoms with van der Waals surface area (Å²) in [6.45, 7) is 12.6. The van der Waals surface area contributed by atoms with Gasteiger partial charge >= 0.3 is 0 Å². The molecule has 0 aliphatic heterocycles. The highest BCUT2D eigenvalue weighted by molar-refractivity contribution is 7.80. The summed E-state index contributed by atoms with van der Waals surface area (Å²) < 4.78 is 19.6. The third-order valence-electron chi connectivity index (χ3n) is 5.49. The van der Waals surface area contributed by atoms with E-state index in [-0.39, 0.29) is 5.56 Å². The Kier molecular flexibility index (Phi) is 21.8. The number of hydrogen-bond acceptors (Lipinski definition) is 18. The molecule has 298 valence electrons. The van der Waals surface area contributed by atoms with Gasteiger partial charge in [-0.25, -0.2) is 20.0 Å². The number of aromatic nitrogens is 15. The lowest BCUT2D eigenvalue weighted by molar-refractivity contribution is 0.504. The van der Waals surface area contributed by atoms with Crippen LogP contribution in [0.25, 0.3) is 0 Å². The van der Waals surface area contributed by atoms with E-state index in [0.29, 0.717) is 52.3 Å². The van der Waals surface area contributed by atoms with Gasteiger partial charge in [0.2, 0.25) is 22.4 Å². The summed E-state index contributed by atoms with van der Waals surface area (Å²) in [6, 6.07) is 5.28. The second-order valence-corrected chi connectivity index (χ2v) is 13.4. The molecule has 0 radical (unpaired) electrons. The molecule has 55 heavy (non-hydrogen) atoms. The lowest BCUT2D eigenvalue weighted by Crippen LogP contribution is -2.09. The second kappa shape index (κ2) is 24.8. The molecule has 0 aromatic carbocycles. The molecular formula is C27H38N16O4S8. The van der Waals surface area contributed by atoms with Crippen LogP contribution in [0.3, 0.4) is 0 Å². The maximum absolute atomic E-state index is 10.6. The molecule has 7 rings (SSSR count). The van der Waals surface area contributed by atoms with Crippen LogP contribution in [-0.2, 0) is 7.05 Å². The van der Waals surface area contributed by atoms with Gasteiger partial charge in [0.1, 0.15) is 16.3 Å². The van der Waals surface area contributed by atoms with Crippen LogP contribution in [-0.4, -0.2) is 75.2 Å². The van der Waals surface area contributed by atoms with Gasteiger partial charge in [0.25, 0.3) is 20.1 Å². The number of hydrogen-bond donors (Lipinski definition) is 10. The van der Waals surface area contributed by atoms with E-state index in [2.05, 4.69) is 127 Å². The van der Waals surface area contributed by atoms with Crippen molar-refractivity contribution in [2.24, 2.45) is 7.05 Å². The van der Waals surface area contributed by atoms with Crippen molar-refractivity contribution in [1.29, 1.82) is 0 Å². The Hall–Kier alpha value is -4.58.